The fourth-order valence-corrected chi connectivity index (χ4v) is 5.73. The maximum atomic E-state index is 13.0. The van der Waals surface area contributed by atoms with E-state index in [1.807, 2.05) is 40.6 Å². The second-order valence-electron chi connectivity index (χ2n) is 7.35. The van der Waals surface area contributed by atoms with Crippen molar-refractivity contribution in [1.82, 2.24) is 14.9 Å². The van der Waals surface area contributed by atoms with Crippen molar-refractivity contribution >= 4 is 38.8 Å². The van der Waals surface area contributed by atoms with Gasteiger partial charge in [0, 0.05) is 30.0 Å². The molecule has 0 aliphatic carbocycles. The van der Waals surface area contributed by atoms with Crippen LogP contribution in [-0.2, 0) is 0 Å². The number of likely N-dealkylation sites (tertiary alicyclic amines) is 1. The number of carbonyl (C=O) groups excluding carboxylic acids is 1. The van der Waals surface area contributed by atoms with Gasteiger partial charge < -0.3 is 9.64 Å². The maximum absolute atomic E-state index is 13.0. The van der Waals surface area contributed by atoms with Crippen molar-refractivity contribution in [2.24, 2.45) is 0 Å². The van der Waals surface area contributed by atoms with Crippen LogP contribution in [0.5, 0.6) is 5.75 Å². The molecule has 0 atom stereocenters. The van der Waals surface area contributed by atoms with Gasteiger partial charge in [0.1, 0.15) is 16.5 Å². The summed E-state index contributed by atoms with van der Waals surface area (Å²) < 4.78 is 6.44. The standard InChI is InChI=1S/C23H21N3O2S2/c1-28-17-8-6-15(7-9-17)21-25-19(14-29-21)23(27)26-12-10-16(11-13-26)22-24-18-4-2-3-5-20(18)30-22/h2-9,14,16H,10-13H2,1H3. The third-order valence-electron chi connectivity index (χ3n) is 5.50. The Hall–Kier alpha value is -2.77. The Kier molecular flexibility index (Phi) is 5.23. The Morgan fingerprint density at radius 1 is 1.07 bits per heavy atom. The molecule has 2 aromatic carbocycles. The molecule has 30 heavy (non-hydrogen) atoms. The average molecular weight is 436 g/mol. The number of amides is 1. The molecule has 1 saturated heterocycles. The van der Waals surface area contributed by atoms with Crippen molar-refractivity contribution in [2.45, 2.75) is 18.8 Å². The Labute approximate surface area is 183 Å². The summed E-state index contributed by atoms with van der Waals surface area (Å²) in [6.07, 6.45) is 1.89. The molecule has 152 valence electrons. The first-order valence-corrected chi connectivity index (χ1v) is 11.7. The number of methoxy groups -OCH3 is 1. The van der Waals surface area contributed by atoms with E-state index in [1.165, 1.54) is 21.0 Å². The minimum Gasteiger partial charge on any atom is -0.497 e. The van der Waals surface area contributed by atoms with Gasteiger partial charge in [-0.15, -0.1) is 22.7 Å². The van der Waals surface area contributed by atoms with Crippen LogP contribution in [-0.4, -0.2) is 41.0 Å². The molecule has 1 fully saturated rings. The van der Waals surface area contributed by atoms with E-state index in [-0.39, 0.29) is 5.91 Å². The van der Waals surface area contributed by atoms with E-state index < -0.39 is 0 Å². The van der Waals surface area contributed by atoms with Gasteiger partial charge in [-0.25, -0.2) is 9.97 Å². The van der Waals surface area contributed by atoms with Crippen LogP contribution in [0.4, 0.5) is 0 Å². The summed E-state index contributed by atoms with van der Waals surface area (Å²) in [5, 5.41) is 3.91. The number of thiazole rings is 2. The first-order chi connectivity index (χ1) is 14.7. The monoisotopic (exact) mass is 435 g/mol. The molecule has 0 saturated carbocycles. The highest BCUT2D eigenvalue weighted by Gasteiger charge is 2.27. The Bertz CT molecular complexity index is 1140. The van der Waals surface area contributed by atoms with Crippen LogP contribution in [0.1, 0.15) is 34.3 Å². The lowest BCUT2D eigenvalue weighted by molar-refractivity contribution is 0.0708. The second-order valence-corrected chi connectivity index (χ2v) is 9.27. The number of ether oxygens (including phenoxy) is 1. The van der Waals surface area contributed by atoms with Crippen LogP contribution in [0.3, 0.4) is 0 Å². The molecular weight excluding hydrogens is 414 g/mol. The van der Waals surface area contributed by atoms with Gasteiger partial charge in [0.25, 0.3) is 5.91 Å². The van der Waals surface area contributed by atoms with Crippen LogP contribution in [0.15, 0.2) is 53.9 Å². The molecule has 0 N–H and O–H groups in total. The van der Waals surface area contributed by atoms with Crippen LogP contribution in [0.25, 0.3) is 20.8 Å². The van der Waals surface area contributed by atoms with Crippen molar-refractivity contribution in [3.8, 4) is 16.3 Å². The van der Waals surface area contributed by atoms with Crippen molar-refractivity contribution < 1.29 is 9.53 Å². The molecule has 2 aromatic heterocycles. The van der Waals surface area contributed by atoms with E-state index in [4.69, 9.17) is 9.72 Å². The number of hydrogen-bond donors (Lipinski definition) is 0. The number of hydrogen-bond acceptors (Lipinski definition) is 6. The summed E-state index contributed by atoms with van der Waals surface area (Å²) in [6.45, 7) is 1.49. The van der Waals surface area contributed by atoms with Crippen molar-refractivity contribution in [1.29, 1.82) is 0 Å². The number of carbonyl (C=O) groups is 1. The van der Waals surface area contributed by atoms with Gasteiger partial charge in [-0.3, -0.25) is 4.79 Å². The molecule has 7 heteroatoms. The number of nitrogens with zero attached hydrogens (tertiary/aromatic N) is 3. The third kappa shape index (κ3) is 3.70. The molecule has 3 heterocycles. The Balaban J connectivity index is 1.25. The van der Waals surface area contributed by atoms with E-state index in [2.05, 4.69) is 23.2 Å². The summed E-state index contributed by atoms with van der Waals surface area (Å²) in [7, 11) is 1.65. The lowest BCUT2D eigenvalue weighted by Crippen LogP contribution is -2.38. The molecule has 5 rings (SSSR count). The number of aromatic nitrogens is 2. The molecule has 0 radical (unpaired) electrons. The minimum absolute atomic E-state index is 0.0220. The Morgan fingerprint density at radius 3 is 2.57 bits per heavy atom. The van der Waals surface area contributed by atoms with Gasteiger partial charge in [0.15, 0.2) is 0 Å². The van der Waals surface area contributed by atoms with Gasteiger partial charge >= 0.3 is 0 Å². The van der Waals surface area contributed by atoms with Gasteiger partial charge in [-0.05, 0) is 49.2 Å². The lowest BCUT2D eigenvalue weighted by Gasteiger charge is -2.30. The van der Waals surface area contributed by atoms with E-state index in [0.717, 1.165) is 47.8 Å². The first-order valence-electron chi connectivity index (χ1n) is 9.96. The zero-order chi connectivity index (χ0) is 20.5. The van der Waals surface area contributed by atoms with Crippen LogP contribution in [0, 0.1) is 0 Å². The zero-order valence-corrected chi connectivity index (χ0v) is 18.2. The fraction of sp³-hybridized carbons (Fsp3) is 0.261. The number of piperidine rings is 1. The van der Waals surface area contributed by atoms with E-state index in [9.17, 15) is 4.79 Å². The fourth-order valence-electron chi connectivity index (χ4n) is 3.79. The van der Waals surface area contributed by atoms with Crippen molar-refractivity contribution in [2.75, 3.05) is 20.2 Å². The summed E-state index contributed by atoms with van der Waals surface area (Å²) in [5.74, 6) is 1.26. The molecule has 1 aliphatic rings. The smallest absolute Gasteiger partial charge is 0.273 e. The van der Waals surface area contributed by atoms with Gasteiger partial charge in [-0.2, -0.15) is 0 Å². The number of benzene rings is 2. The molecule has 4 aromatic rings. The highest BCUT2D eigenvalue weighted by Crippen LogP contribution is 2.34. The SMILES string of the molecule is COc1ccc(-c2nc(C(=O)N3CCC(c4nc5ccccc5s4)CC3)cs2)cc1. The van der Waals surface area contributed by atoms with Crippen molar-refractivity contribution in [3.63, 3.8) is 0 Å². The summed E-state index contributed by atoms with van der Waals surface area (Å²) >= 11 is 3.28. The second kappa shape index (κ2) is 8.16. The molecule has 0 spiro atoms. The minimum atomic E-state index is 0.0220. The van der Waals surface area contributed by atoms with E-state index in [0.29, 0.717) is 11.6 Å². The molecular formula is C23H21N3O2S2. The number of para-hydroxylation sites is 1. The van der Waals surface area contributed by atoms with Crippen LogP contribution >= 0.6 is 22.7 Å². The maximum Gasteiger partial charge on any atom is 0.273 e. The van der Waals surface area contributed by atoms with E-state index >= 15 is 0 Å². The molecule has 5 nitrogen and oxygen atoms in total. The number of fused-ring (bicyclic) bond motifs is 1. The van der Waals surface area contributed by atoms with Gasteiger partial charge in [-0.1, -0.05) is 12.1 Å². The number of rotatable bonds is 4. The summed E-state index contributed by atoms with van der Waals surface area (Å²) in [5.41, 5.74) is 2.60. The van der Waals surface area contributed by atoms with Gasteiger partial charge in [0.2, 0.25) is 0 Å². The van der Waals surface area contributed by atoms with Crippen LogP contribution < -0.4 is 4.74 Å². The topological polar surface area (TPSA) is 55.3 Å². The lowest BCUT2D eigenvalue weighted by atomic mass is 9.97. The highest BCUT2D eigenvalue weighted by atomic mass is 32.1. The predicted molar refractivity (Wildman–Crippen MR) is 122 cm³/mol. The summed E-state index contributed by atoms with van der Waals surface area (Å²) in [6, 6.07) is 16.0. The Morgan fingerprint density at radius 2 is 1.83 bits per heavy atom. The quantitative estimate of drug-likeness (QED) is 0.428. The highest BCUT2D eigenvalue weighted by molar-refractivity contribution is 7.18. The normalized spacial score (nSPS) is 14.9. The average Bonchev–Trinajstić information content (AvgIpc) is 3.46. The third-order valence-corrected chi connectivity index (χ3v) is 7.59. The van der Waals surface area contributed by atoms with Crippen molar-refractivity contribution in [3.05, 3.63) is 64.6 Å². The largest absolute Gasteiger partial charge is 0.497 e. The first kappa shape index (κ1) is 19.2. The summed E-state index contributed by atoms with van der Waals surface area (Å²) in [4.78, 5) is 24.3. The molecule has 1 aliphatic heterocycles. The van der Waals surface area contributed by atoms with E-state index in [1.54, 1.807) is 18.4 Å². The predicted octanol–water partition coefficient (Wildman–Crippen LogP) is 5.45. The zero-order valence-electron chi connectivity index (χ0n) is 16.6. The van der Waals surface area contributed by atoms with Crippen LogP contribution in [0.2, 0.25) is 0 Å². The van der Waals surface area contributed by atoms with Gasteiger partial charge in [0.05, 0.1) is 22.3 Å². The molecule has 0 unspecified atom stereocenters. The molecule has 1 amide bonds. The molecule has 0 bridgehead atoms.